The lowest BCUT2D eigenvalue weighted by Gasteiger charge is -2.06. The van der Waals surface area contributed by atoms with Gasteiger partial charge in [-0.15, -0.1) is 0 Å². The summed E-state index contributed by atoms with van der Waals surface area (Å²) < 4.78 is 7.09. The molecule has 0 aliphatic rings. The van der Waals surface area contributed by atoms with Crippen LogP contribution in [0.2, 0.25) is 10.0 Å². The number of benzene rings is 1. The van der Waals surface area contributed by atoms with Crippen molar-refractivity contribution >= 4 is 34.3 Å². The van der Waals surface area contributed by atoms with Crippen molar-refractivity contribution in [3.63, 3.8) is 0 Å². The van der Waals surface area contributed by atoms with Crippen molar-refractivity contribution in [2.45, 2.75) is 27.2 Å². The van der Waals surface area contributed by atoms with E-state index in [0.717, 1.165) is 16.6 Å². The maximum absolute atomic E-state index is 12.1. The largest absolute Gasteiger partial charge is 0.403 e. The first-order valence-corrected chi connectivity index (χ1v) is 7.67. The summed E-state index contributed by atoms with van der Waals surface area (Å²) in [6.45, 7) is 5.75. The summed E-state index contributed by atoms with van der Waals surface area (Å²) in [6.07, 6.45) is 0.626. The third-order valence-corrected chi connectivity index (χ3v) is 4.52. The van der Waals surface area contributed by atoms with E-state index in [1.165, 1.54) is 0 Å². The molecule has 1 aromatic carbocycles. The summed E-state index contributed by atoms with van der Waals surface area (Å²) in [4.78, 5) is 12.1. The molecule has 0 unspecified atom stereocenters. The van der Waals surface area contributed by atoms with Crippen molar-refractivity contribution in [3.8, 4) is 5.69 Å². The topological polar surface area (TPSA) is 48.0 Å². The van der Waals surface area contributed by atoms with Crippen LogP contribution >= 0.6 is 23.2 Å². The van der Waals surface area contributed by atoms with Crippen molar-refractivity contribution in [1.82, 2.24) is 9.78 Å². The Balaban J connectivity index is 2.37. The van der Waals surface area contributed by atoms with E-state index >= 15 is 0 Å². The Morgan fingerprint density at radius 3 is 2.59 bits per heavy atom. The molecule has 0 aliphatic heterocycles. The van der Waals surface area contributed by atoms with Gasteiger partial charge in [0.15, 0.2) is 0 Å². The lowest BCUT2D eigenvalue weighted by atomic mass is 10.1. The summed E-state index contributed by atoms with van der Waals surface area (Å²) >= 11 is 12.0. The average Bonchev–Trinajstić information content (AvgIpc) is 2.79. The van der Waals surface area contributed by atoms with Gasteiger partial charge in [0.1, 0.15) is 0 Å². The van der Waals surface area contributed by atoms with E-state index in [1.807, 2.05) is 20.8 Å². The molecule has 114 valence electrons. The van der Waals surface area contributed by atoms with Gasteiger partial charge < -0.3 is 4.42 Å². The molecule has 3 aromatic rings. The van der Waals surface area contributed by atoms with E-state index in [-0.39, 0.29) is 5.63 Å². The Bertz CT molecular complexity index is 941. The molecule has 0 saturated heterocycles. The maximum Gasteiger partial charge on any atom is 0.341 e. The Morgan fingerprint density at radius 1 is 1.23 bits per heavy atom. The predicted octanol–water partition coefficient (Wildman–Crippen LogP) is 4.46. The van der Waals surface area contributed by atoms with E-state index < -0.39 is 0 Å². The van der Waals surface area contributed by atoms with Crippen molar-refractivity contribution in [3.05, 3.63) is 55.5 Å². The summed E-state index contributed by atoms with van der Waals surface area (Å²) in [7, 11) is 0. The van der Waals surface area contributed by atoms with Crippen LogP contribution in [0.5, 0.6) is 0 Å². The second-order valence-corrected chi connectivity index (χ2v) is 5.94. The Hall–Kier alpha value is -1.78. The first-order chi connectivity index (χ1) is 10.4. The van der Waals surface area contributed by atoms with Gasteiger partial charge in [0, 0.05) is 5.56 Å². The minimum atomic E-state index is -0.325. The first kappa shape index (κ1) is 15.1. The van der Waals surface area contributed by atoms with Gasteiger partial charge in [-0.1, -0.05) is 30.1 Å². The number of hydrogen-bond donors (Lipinski definition) is 0. The zero-order valence-corrected chi connectivity index (χ0v) is 13.9. The number of halogens is 2. The van der Waals surface area contributed by atoms with Crippen LogP contribution in [0.1, 0.15) is 23.7 Å². The van der Waals surface area contributed by atoms with Crippen molar-refractivity contribution in [2.24, 2.45) is 0 Å². The zero-order chi connectivity index (χ0) is 16.0. The van der Waals surface area contributed by atoms with E-state index in [2.05, 4.69) is 5.10 Å². The number of nitrogens with zero attached hydrogens (tertiary/aromatic N) is 2. The third kappa shape index (κ3) is 2.23. The summed E-state index contributed by atoms with van der Waals surface area (Å²) in [5.74, 6) is 0. The fraction of sp³-hybridized carbons (Fsp3) is 0.250. The highest BCUT2D eigenvalue weighted by Crippen LogP contribution is 2.29. The van der Waals surface area contributed by atoms with Crippen LogP contribution in [-0.4, -0.2) is 9.78 Å². The first-order valence-electron chi connectivity index (χ1n) is 6.91. The Labute approximate surface area is 137 Å². The lowest BCUT2D eigenvalue weighted by Crippen LogP contribution is -2.10. The van der Waals surface area contributed by atoms with Gasteiger partial charge in [0.25, 0.3) is 0 Å². The molecule has 2 heterocycles. The molecule has 4 nitrogen and oxygen atoms in total. The number of rotatable bonds is 2. The molecule has 0 spiro atoms. The molecule has 0 radical (unpaired) electrons. The highest BCUT2D eigenvalue weighted by molar-refractivity contribution is 6.42. The van der Waals surface area contributed by atoms with Crippen LogP contribution < -0.4 is 5.63 Å². The van der Waals surface area contributed by atoms with E-state index in [4.69, 9.17) is 27.6 Å². The standard InChI is InChI=1S/C16H14Cl2N2O2/c1-4-11-8(2)14-9(3)19-20(15(14)22-16(11)21)10-5-6-12(17)13(18)7-10/h5-7H,4H2,1-3H3. The zero-order valence-electron chi connectivity index (χ0n) is 12.4. The molecule has 0 bridgehead atoms. The van der Waals surface area contributed by atoms with Crippen LogP contribution in [0.3, 0.4) is 0 Å². The molecule has 2 aromatic heterocycles. The van der Waals surface area contributed by atoms with E-state index in [0.29, 0.717) is 33.4 Å². The predicted molar refractivity (Wildman–Crippen MR) is 88.5 cm³/mol. The van der Waals surface area contributed by atoms with Gasteiger partial charge in [-0.05, 0) is 44.0 Å². The van der Waals surface area contributed by atoms with Gasteiger partial charge in [-0.2, -0.15) is 9.78 Å². The normalized spacial score (nSPS) is 11.3. The molecule has 3 rings (SSSR count). The minimum absolute atomic E-state index is 0.325. The summed E-state index contributed by atoms with van der Waals surface area (Å²) in [5.41, 5.74) is 3.20. The quantitative estimate of drug-likeness (QED) is 0.693. The fourth-order valence-corrected chi connectivity index (χ4v) is 2.98. The van der Waals surface area contributed by atoms with Gasteiger partial charge in [0.2, 0.25) is 5.71 Å². The van der Waals surface area contributed by atoms with Crippen LogP contribution in [0, 0.1) is 13.8 Å². The molecule has 0 amide bonds. The third-order valence-electron chi connectivity index (χ3n) is 3.78. The van der Waals surface area contributed by atoms with Crippen LogP contribution in [0.4, 0.5) is 0 Å². The Kier molecular flexibility index (Phi) is 3.75. The molecule has 0 saturated carbocycles. The lowest BCUT2D eigenvalue weighted by molar-refractivity contribution is 0.526. The van der Waals surface area contributed by atoms with Gasteiger partial charge in [-0.3, -0.25) is 0 Å². The van der Waals surface area contributed by atoms with E-state index in [1.54, 1.807) is 22.9 Å². The molecule has 0 N–H and O–H groups in total. The average molecular weight is 337 g/mol. The van der Waals surface area contributed by atoms with Gasteiger partial charge in [0.05, 0.1) is 26.8 Å². The van der Waals surface area contributed by atoms with Crippen LogP contribution in [-0.2, 0) is 6.42 Å². The highest BCUT2D eigenvalue weighted by Gasteiger charge is 2.18. The smallest absolute Gasteiger partial charge is 0.341 e. The molecule has 0 atom stereocenters. The van der Waals surface area contributed by atoms with Crippen LogP contribution in [0.15, 0.2) is 27.4 Å². The van der Waals surface area contributed by atoms with Crippen molar-refractivity contribution in [1.29, 1.82) is 0 Å². The second kappa shape index (κ2) is 5.45. The Morgan fingerprint density at radius 2 is 1.95 bits per heavy atom. The monoisotopic (exact) mass is 336 g/mol. The molecule has 6 heteroatoms. The van der Waals surface area contributed by atoms with Gasteiger partial charge in [-0.25, -0.2) is 4.79 Å². The summed E-state index contributed by atoms with van der Waals surface area (Å²) in [5, 5.41) is 6.24. The number of hydrogen-bond acceptors (Lipinski definition) is 3. The molecule has 0 aliphatic carbocycles. The van der Waals surface area contributed by atoms with Gasteiger partial charge >= 0.3 is 5.63 Å². The minimum Gasteiger partial charge on any atom is -0.403 e. The summed E-state index contributed by atoms with van der Waals surface area (Å²) in [6, 6.07) is 5.16. The fourth-order valence-electron chi connectivity index (χ4n) is 2.69. The molecular formula is C16H14Cl2N2O2. The van der Waals surface area contributed by atoms with E-state index in [9.17, 15) is 4.79 Å². The second-order valence-electron chi connectivity index (χ2n) is 5.12. The molecule has 0 fully saturated rings. The van der Waals surface area contributed by atoms with Crippen LogP contribution in [0.25, 0.3) is 16.8 Å². The maximum atomic E-state index is 12.1. The highest BCUT2D eigenvalue weighted by atomic mass is 35.5. The molecule has 22 heavy (non-hydrogen) atoms. The van der Waals surface area contributed by atoms with Crippen molar-refractivity contribution < 1.29 is 4.42 Å². The SMILES string of the molecule is CCc1c(C)c2c(C)nn(-c3ccc(Cl)c(Cl)c3)c2oc1=O. The molecular weight excluding hydrogens is 323 g/mol. The van der Waals surface area contributed by atoms with Crippen molar-refractivity contribution in [2.75, 3.05) is 0 Å². The number of fused-ring (bicyclic) bond motifs is 1. The number of aromatic nitrogens is 2. The number of aryl methyl sites for hydroxylation is 2.